The predicted molar refractivity (Wildman–Crippen MR) is 333 cm³/mol. The van der Waals surface area contributed by atoms with Crippen LogP contribution in [0, 0.1) is 0 Å². The first-order chi connectivity index (χ1) is 38.9. The van der Waals surface area contributed by atoms with E-state index in [2.05, 4.69) is 305 Å². The lowest BCUT2D eigenvalue weighted by Crippen LogP contribution is -2.28. The van der Waals surface area contributed by atoms with Gasteiger partial charge in [0.05, 0.1) is 33.5 Å². The van der Waals surface area contributed by atoms with Gasteiger partial charge in [0.1, 0.15) is 24.0 Å². The summed E-state index contributed by atoms with van der Waals surface area (Å²) < 4.78 is 9.39. The minimum atomic E-state index is -0.554. The molecule has 388 valence electrons. The van der Waals surface area contributed by atoms with E-state index in [4.69, 9.17) is 9.72 Å². The van der Waals surface area contributed by atoms with Gasteiger partial charge in [0, 0.05) is 45.9 Å². The van der Waals surface area contributed by atoms with Crippen molar-refractivity contribution in [1.82, 2.24) is 9.55 Å². The Balaban J connectivity index is 0.890. The lowest BCUT2D eigenvalue weighted by Gasteiger charge is -2.34. The van der Waals surface area contributed by atoms with Gasteiger partial charge in [0.2, 0.25) is 0 Å². The van der Waals surface area contributed by atoms with Crippen LogP contribution in [0.5, 0.6) is 11.5 Å². The molecule has 0 spiro atoms. The average molecular weight is 1040 g/mol. The predicted octanol–water partition coefficient (Wildman–Crippen LogP) is 19.5. The highest BCUT2D eigenvalue weighted by Crippen LogP contribution is 2.57. The number of pyridine rings is 1. The molecule has 0 bridgehead atoms. The van der Waals surface area contributed by atoms with Crippen molar-refractivity contribution in [2.24, 2.45) is 0 Å². The lowest BCUT2D eigenvalue weighted by atomic mass is 9.67. The van der Waals surface area contributed by atoms with Gasteiger partial charge in [-0.1, -0.05) is 211 Å². The van der Waals surface area contributed by atoms with Crippen LogP contribution in [0.15, 0.2) is 255 Å². The fourth-order valence-electron chi connectivity index (χ4n) is 12.8. The van der Waals surface area contributed by atoms with E-state index in [0.29, 0.717) is 6.67 Å². The summed E-state index contributed by atoms with van der Waals surface area (Å²) in [4.78, 5) is 10.1. The number of hydrogen-bond donors (Lipinski definition) is 0. The van der Waals surface area contributed by atoms with Crippen molar-refractivity contribution in [2.75, 3.05) is 16.5 Å². The van der Waals surface area contributed by atoms with Gasteiger partial charge in [0.15, 0.2) is 0 Å². The lowest BCUT2D eigenvalue weighted by molar-refractivity contribution is 0.483. The number of fused-ring (bicyclic) bond motifs is 7. The SMILES string of the molecule is CC(C)(C)c1ccnc(-n2c3cc(Oc4cccc(N5CN(c6c(-c7ccccc7)cc(C(C)(C)C)cc6-c6ccccc6)c6ccccc65)c4)ccc3c3ccc(C4(c5ccccc5)c5ccccc5-c5ccccc54)cc32)c1. The van der Waals surface area contributed by atoms with E-state index in [0.717, 1.165) is 56.2 Å². The number of benzene rings is 10. The van der Waals surface area contributed by atoms with Gasteiger partial charge in [-0.15, -0.1) is 0 Å². The Morgan fingerprint density at radius 2 is 0.950 bits per heavy atom. The summed E-state index contributed by atoms with van der Waals surface area (Å²) in [7, 11) is 0. The number of ether oxygens (including phenoxy) is 1. The second-order valence-corrected chi connectivity index (χ2v) is 23.6. The van der Waals surface area contributed by atoms with Crippen molar-refractivity contribution in [3.63, 3.8) is 0 Å². The van der Waals surface area contributed by atoms with Crippen molar-refractivity contribution >= 4 is 44.6 Å². The summed E-state index contributed by atoms with van der Waals surface area (Å²) in [6, 6.07) is 90.9. The van der Waals surface area contributed by atoms with E-state index in [1.54, 1.807) is 0 Å². The number of rotatable bonds is 9. The van der Waals surface area contributed by atoms with Gasteiger partial charge in [-0.05, 0) is 133 Å². The van der Waals surface area contributed by atoms with Gasteiger partial charge in [-0.25, -0.2) is 4.98 Å². The number of nitrogens with zero attached hydrogens (tertiary/aromatic N) is 4. The fraction of sp³-hybridized carbons (Fsp3) is 0.133. The first-order valence-corrected chi connectivity index (χ1v) is 28.0. The third kappa shape index (κ3) is 8.02. The van der Waals surface area contributed by atoms with Crippen LogP contribution < -0.4 is 14.5 Å². The summed E-state index contributed by atoms with van der Waals surface area (Å²) >= 11 is 0. The van der Waals surface area contributed by atoms with Gasteiger partial charge in [-0.2, -0.15) is 0 Å². The summed E-state index contributed by atoms with van der Waals surface area (Å²) in [6.45, 7) is 14.3. The maximum absolute atomic E-state index is 7.03. The van der Waals surface area contributed by atoms with Crippen LogP contribution in [0.2, 0.25) is 0 Å². The molecule has 10 aromatic carbocycles. The molecule has 2 aliphatic rings. The highest BCUT2D eigenvalue weighted by molar-refractivity contribution is 6.10. The second kappa shape index (κ2) is 18.9. The molecule has 12 aromatic rings. The number of anilines is 4. The van der Waals surface area contributed by atoms with Crippen molar-refractivity contribution < 1.29 is 4.74 Å². The van der Waals surface area contributed by atoms with E-state index >= 15 is 0 Å². The van der Waals surface area contributed by atoms with Gasteiger partial charge in [-0.3, -0.25) is 4.57 Å². The van der Waals surface area contributed by atoms with Gasteiger partial charge < -0.3 is 14.5 Å². The molecule has 1 aliphatic heterocycles. The maximum atomic E-state index is 7.03. The molecular formula is C75H62N4O. The minimum absolute atomic E-state index is 0.0676. The Morgan fingerprint density at radius 1 is 0.412 bits per heavy atom. The van der Waals surface area contributed by atoms with E-state index in [1.165, 1.54) is 72.4 Å². The zero-order chi connectivity index (χ0) is 54.3. The number of para-hydroxylation sites is 2. The summed E-state index contributed by atoms with van der Waals surface area (Å²) in [5.41, 5.74) is 20.8. The van der Waals surface area contributed by atoms with Crippen LogP contribution in [0.25, 0.3) is 61.0 Å². The molecule has 0 unspecified atom stereocenters. The molecule has 3 heterocycles. The molecule has 1 aliphatic carbocycles. The summed E-state index contributed by atoms with van der Waals surface area (Å²) in [6.07, 6.45) is 1.96. The molecule has 2 aromatic heterocycles. The topological polar surface area (TPSA) is 33.5 Å². The van der Waals surface area contributed by atoms with Crippen LogP contribution in [-0.2, 0) is 16.2 Å². The van der Waals surface area contributed by atoms with Gasteiger partial charge in [0.25, 0.3) is 0 Å². The standard InChI is InChI=1S/C75H62N4O/c1-73(2,3)53-41-42-76-71(46-53)79-69-45-54(75(52-27-14-9-15-28-52)65-33-18-16-31-59(65)60-32-17-19-34-66(60)75)37-39-61(69)62-40-38-58(48-70(62)79)80-57-30-22-29-56(47-57)77-49-78(68-36-21-20-35-67(68)77)72-63(50-23-10-7-11-24-50)43-55(74(4,5)6)44-64(72)51-25-12-8-13-26-51/h7-48H,49H2,1-6H3. The largest absolute Gasteiger partial charge is 0.457 e. The smallest absolute Gasteiger partial charge is 0.137 e. The first-order valence-electron chi connectivity index (χ1n) is 28.0. The van der Waals surface area contributed by atoms with Crippen molar-refractivity contribution in [2.45, 2.75) is 57.8 Å². The Morgan fingerprint density at radius 3 is 1.57 bits per heavy atom. The monoisotopic (exact) mass is 1030 g/mol. The molecule has 0 saturated heterocycles. The molecule has 5 heteroatoms. The highest BCUT2D eigenvalue weighted by Gasteiger charge is 2.46. The molecule has 14 rings (SSSR count). The Labute approximate surface area is 469 Å². The van der Waals surface area contributed by atoms with Crippen LogP contribution in [0.4, 0.5) is 22.7 Å². The molecule has 0 amide bonds. The minimum Gasteiger partial charge on any atom is -0.457 e. The van der Waals surface area contributed by atoms with E-state index in [1.807, 2.05) is 6.20 Å². The quantitative estimate of drug-likeness (QED) is 0.144. The zero-order valence-electron chi connectivity index (χ0n) is 46.2. The maximum Gasteiger partial charge on any atom is 0.137 e. The molecule has 0 fully saturated rings. The molecule has 5 nitrogen and oxygen atoms in total. The van der Waals surface area contributed by atoms with Crippen molar-refractivity contribution in [1.29, 1.82) is 0 Å². The third-order valence-electron chi connectivity index (χ3n) is 16.7. The summed E-state index contributed by atoms with van der Waals surface area (Å²) in [5, 5.41) is 2.28. The van der Waals surface area contributed by atoms with Crippen LogP contribution in [0.1, 0.15) is 74.9 Å². The number of hydrogen-bond acceptors (Lipinski definition) is 4. The van der Waals surface area contributed by atoms with Crippen molar-refractivity contribution in [3.8, 4) is 50.7 Å². The molecule has 0 radical (unpaired) electrons. The zero-order valence-corrected chi connectivity index (χ0v) is 46.2. The van der Waals surface area contributed by atoms with E-state index in [-0.39, 0.29) is 10.8 Å². The van der Waals surface area contributed by atoms with Gasteiger partial charge >= 0.3 is 0 Å². The van der Waals surface area contributed by atoms with Crippen LogP contribution in [-0.4, -0.2) is 16.2 Å². The van der Waals surface area contributed by atoms with Crippen LogP contribution in [0.3, 0.4) is 0 Å². The molecule has 0 atom stereocenters. The first kappa shape index (κ1) is 48.9. The Kier molecular flexibility index (Phi) is 11.5. The van der Waals surface area contributed by atoms with Crippen LogP contribution >= 0.6 is 0 Å². The number of aromatic nitrogens is 2. The Bertz CT molecular complexity index is 4230. The normalized spacial score (nSPS) is 13.6. The van der Waals surface area contributed by atoms with E-state index < -0.39 is 5.41 Å². The van der Waals surface area contributed by atoms with E-state index in [9.17, 15) is 0 Å². The van der Waals surface area contributed by atoms with Crippen molar-refractivity contribution in [3.05, 3.63) is 288 Å². The molecule has 0 N–H and O–H groups in total. The fourth-order valence-corrected chi connectivity index (χ4v) is 12.8. The second-order valence-electron chi connectivity index (χ2n) is 23.6. The summed E-state index contributed by atoms with van der Waals surface area (Å²) in [5.74, 6) is 2.36. The average Bonchev–Trinajstić information content (AvgIpc) is 4.21. The highest BCUT2D eigenvalue weighted by atomic mass is 16.5. The Hall–Kier alpha value is -9.45. The molecule has 0 saturated carbocycles. The molecule has 80 heavy (non-hydrogen) atoms. The third-order valence-corrected chi connectivity index (χ3v) is 16.7. The molecular weight excluding hydrogens is 973 g/mol.